The average Bonchev–Trinajstić information content (AvgIpc) is 2.79. The summed E-state index contributed by atoms with van der Waals surface area (Å²) < 4.78 is 6.44. The minimum Gasteiger partial charge on any atom is -0.461 e. The molecule has 0 spiro atoms. The maximum Gasteiger partial charge on any atom is 0.326 e. The van der Waals surface area contributed by atoms with Gasteiger partial charge >= 0.3 is 5.97 Å². The summed E-state index contributed by atoms with van der Waals surface area (Å²) in [6, 6.07) is 4.92. The van der Waals surface area contributed by atoms with E-state index in [1.807, 2.05) is 0 Å². The number of benzene rings is 1. The summed E-state index contributed by atoms with van der Waals surface area (Å²) in [6.07, 6.45) is 2.88. The molecule has 2 amide bonds. The van der Waals surface area contributed by atoms with Gasteiger partial charge in [0, 0.05) is 4.47 Å². The van der Waals surface area contributed by atoms with Gasteiger partial charge in [0.15, 0.2) is 0 Å². The van der Waals surface area contributed by atoms with Gasteiger partial charge in [0.05, 0.1) is 11.1 Å². The molecule has 3 rings (SSSR count). The normalized spacial score (nSPS) is 25.6. The number of amides is 2. The molecule has 5 nitrogen and oxygen atoms in total. The van der Waals surface area contributed by atoms with Crippen molar-refractivity contribution in [3.8, 4) is 0 Å². The number of carbonyl (C=O) groups excluding carboxylic acids is 3. The third-order valence-corrected chi connectivity index (χ3v) is 5.96. The fourth-order valence-corrected chi connectivity index (χ4v) is 4.35. The molecule has 3 unspecified atom stereocenters. The van der Waals surface area contributed by atoms with Gasteiger partial charge in [0.25, 0.3) is 11.8 Å². The number of carbonyl (C=O) groups is 3. The molecule has 140 valence electrons. The first kappa shape index (κ1) is 19.1. The summed E-state index contributed by atoms with van der Waals surface area (Å²) >= 11 is 3.30. The Bertz CT molecular complexity index is 745. The van der Waals surface area contributed by atoms with E-state index in [1.165, 1.54) is 0 Å². The summed E-state index contributed by atoms with van der Waals surface area (Å²) in [5, 5.41) is 0. The lowest BCUT2D eigenvalue weighted by Gasteiger charge is -2.36. The monoisotopic (exact) mass is 421 g/mol. The van der Waals surface area contributed by atoms with Crippen molar-refractivity contribution in [3.63, 3.8) is 0 Å². The van der Waals surface area contributed by atoms with Crippen LogP contribution in [0.4, 0.5) is 0 Å². The Hall–Kier alpha value is -1.69. The first-order chi connectivity index (χ1) is 12.3. The fourth-order valence-electron chi connectivity index (χ4n) is 3.99. The number of hydrogen-bond donors (Lipinski definition) is 0. The van der Waals surface area contributed by atoms with E-state index in [-0.39, 0.29) is 12.6 Å². The van der Waals surface area contributed by atoms with Gasteiger partial charge in [-0.1, -0.05) is 43.1 Å². The highest BCUT2D eigenvalue weighted by Gasteiger charge is 2.39. The van der Waals surface area contributed by atoms with Crippen LogP contribution >= 0.6 is 15.9 Å². The maximum absolute atomic E-state index is 12.5. The highest BCUT2D eigenvalue weighted by atomic mass is 79.9. The zero-order valence-corrected chi connectivity index (χ0v) is 16.9. The lowest BCUT2D eigenvalue weighted by molar-refractivity contribution is -0.156. The van der Waals surface area contributed by atoms with E-state index in [1.54, 1.807) is 18.2 Å². The topological polar surface area (TPSA) is 63.7 Å². The minimum atomic E-state index is -0.511. The summed E-state index contributed by atoms with van der Waals surface area (Å²) in [5.41, 5.74) is 0.654. The van der Waals surface area contributed by atoms with Gasteiger partial charge in [-0.3, -0.25) is 19.3 Å². The van der Waals surface area contributed by atoms with E-state index < -0.39 is 17.8 Å². The Morgan fingerprint density at radius 1 is 1.23 bits per heavy atom. The van der Waals surface area contributed by atoms with Crippen LogP contribution in [0.25, 0.3) is 0 Å². The number of nitrogens with zero attached hydrogens (tertiary/aromatic N) is 1. The van der Waals surface area contributed by atoms with E-state index in [4.69, 9.17) is 4.74 Å². The van der Waals surface area contributed by atoms with Crippen LogP contribution in [-0.2, 0) is 9.53 Å². The quantitative estimate of drug-likeness (QED) is 0.543. The van der Waals surface area contributed by atoms with Crippen LogP contribution in [0.5, 0.6) is 0 Å². The SMILES string of the molecule is CC1CCC(C(C)C)C(OC(=O)CN2C(=O)c3ccc(Br)cc3C2=O)C1. The van der Waals surface area contributed by atoms with Crippen LogP contribution in [0.15, 0.2) is 22.7 Å². The standard InChI is InChI=1S/C20H24BrNO4/c1-11(2)14-6-4-12(3)8-17(14)26-18(23)10-22-19(24)15-7-5-13(21)9-16(15)20(22)25/h5,7,9,11-12,14,17H,4,6,8,10H2,1-3H3. The molecule has 3 atom stereocenters. The maximum atomic E-state index is 12.5. The zero-order chi connectivity index (χ0) is 19.0. The van der Waals surface area contributed by atoms with Crippen molar-refractivity contribution in [2.75, 3.05) is 6.54 Å². The Morgan fingerprint density at radius 2 is 1.92 bits per heavy atom. The number of imide groups is 1. The Balaban J connectivity index is 1.68. The molecule has 0 bridgehead atoms. The molecule has 26 heavy (non-hydrogen) atoms. The van der Waals surface area contributed by atoms with Gasteiger partial charge < -0.3 is 4.74 Å². The predicted octanol–water partition coefficient (Wildman–Crippen LogP) is 4.05. The number of hydrogen-bond acceptors (Lipinski definition) is 4. The lowest BCUT2D eigenvalue weighted by Crippen LogP contribution is -2.40. The second-order valence-corrected chi connectivity index (χ2v) is 8.66. The molecule has 0 aromatic heterocycles. The third kappa shape index (κ3) is 3.70. The Labute approximate surface area is 162 Å². The predicted molar refractivity (Wildman–Crippen MR) is 101 cm³/mol. The molecule has 1 saturated carbocycles. The van der Waals surface area contributed by atoms with E-state index in [0.29, 0.717) is 28.9 Å². The number of halogens is 1. The molecule has 2 aliphatic rings. The van der Waals surface area contributed by atoms with Crippen molar-refractivity contribution < 1.29 is 19.1 Å². The Kier molecular flexibility index (Phi) is 5.51. The molecule has 1 aromatic carbocycles. The second kappa shape index (κ2) is 7.51. The van der Waals surface area contributed by atoms with Crippen LogP contribution < -0.4 is 0 Å². The lowest BCUT2D eigenvalue weighted by atomic mass is 9.75. The van der Waals surface area contributed by atoms with Crippen molar-refractivity contribution >= 4 is 33.7 Å². The van der Waals surface area contributed by atoms with Crippen LogP contribution in [0.1, 0.15) is 60.7 Å². The minimum absolute atomic E-state index is 0.143. The largest absolute Gasteiger partial charge is 0.461 e. The average molecular weight is 422 g/mol. The van der Waals surface area contributed by atoms with Crippen LogP contribution in [0.2, 0.25) is 0 Å². The molecule has 1 aliphatic carbocycles. The van der Waals surface area contributed by atoms with E-state index in [0.717, 1.165) is 28.6 Å². The first-order valence-corrected chi connectivity index (χ1v) is 9.92. The van der Waals surface area contributed by atoms with Gasteiger partial charge in [-0.05, 0) is 48.8 Å². The number of rotatable bonds is 4. The molecule has 6 heteroatoms. The Morgan fingerprint density at radius 3 is 2.62 bits per heavy atom. The number of esters is 1. The van der Waals surface area contributed by atoms with Crippen molar-refractivity contribution in [1.82, 2.24) is 4.90 Å². The van der Waals surface area contributed by atoms with Crippen molar-refractivity contribution in [3.05, 3.63) is 33.8 Å². The van der Waals surface area contributed by atoms with Gasteiger partial charge in [0.2, 0.25) is 0 Å². The van der Waals surface area contributed by atoms with Crippen LogP contribution in [0.3, 0.4) is 0 Å². The summed E-state index contributed by atoms with van der Waals surface area (Å²) in [4.78, 5) is 38.4. The highest BCUT2D eigenvalue weighted by molar-refractivity contribution is 9.10. The van der Waals surface area contributed by atoms with Crippen molar-refractivity contribution in [2.45, 2.75) is 46.1 Å². The third-order valence-electron chi connectivity index (χ3n) is 5.46. The molecular weight excluding hydrogens is 398 g/mol. The van der Waals surface area contributed by atoms with Gasteiger partial charge in [-0.25, -0.2) is 0 Å². The highest BCUT2D eigenvalue weighted by Crippen LogP contribution is 2.35. The molecule has 1 aliphatic heterocycles. The summed E-state index contributed by atoms with van der Waals surface area (Å²) in [5.74, 6) is -0.124. The smallest absolute Gasteiger partial charge is 0.326 e. The van der Waals surface area contributed by atoms with Crippen molar-refractivity contribution in [2.24, 2.45) is 17.8 Å². The molecular formula is C20H24BrNO4. The summed E-state index contributed by atoms with van der Waals surface area (Å²) in [7, 11) is 0. The molecule has 1 aromatic rings. The van der Waals surface area contributed by atoms with Crippen molar-refractivity contribution in [1.29, 1.82) is 0 Å². The van der Waals surface area contributed by atoms with Gasteiger partial charge in [-0.15, -0.1) is 0 Å². The fraction of sp³-hybridized carbons (Fsp3) is 0.550. The molecule has 1 heterocycles. The molecule has 0 saturated heterocycles. The number of ether oxygens (including phenoxy) is 1. The summed E-state index contributed by atoms with van der Waals surface area (Å²) in [6.45, 7) is 6.12. The van der Waals surface area contributed by atoms with Gasteiger partial charge in [0.1, 0.15) is 12.6 Å². The zero-order valence-electron chi connectivity index (χ0n) is 15.3. The molecule has 1 fully saturated rings. The van der Waals surface area contributed by atoms with Crippen LogP contribution in [-0.4, -0.2) is 35.3 Å². The second-order valence-electron chi connectivity index (χ2n) is 7.74. The molecule has 0 N–H and O–H groups in total. The van der Waals surface area contributed by atoms with Gasteiger partial charge in [-0.2, -0.15) is 0 Å². The molecule has 0 radical (unpaired) electrons. The van der Waals surface area contributed by atoms with Crippen LogP contribution in [0, 0.1) is 17.8 Å². The van der Waals surface area contributed by atoms with E-state index in [9.17, 15) is 14.4 Å². The van der Waals surface area contributed by atoms with E-state index in [2.05, 4.69) is 36.7 Å². The first-order valence-electron chi connectivity index (χ1n) is 9.13. The number of fused-ring (bicyclic) bond motifs is 1. The van der Waals surface area contributed by atoms with E-state index >= 15 is 0 Å².